The highest BCUT2D eigenvalue weighted by molar-refractivity contribution is 7.99. The third kappa shape index (κ3) is 4.46. The van der Waals surface area contributed by atoms with Gasteiger partial charge in [-0.25, -0.2) is 13.8 Å². The molecule has 2 aromatic carbocycles. The van der Waals surface area contributed by atoms with E-state index in [1.165, 1.54) is 6.07 Å². The van der Waals surface area contributed by atoms with Gasteiger partial charge in [-0.05, 0) is 49.1 Å². The molecule has 1 aromatic heterocycles. The maximum absolute atomic E-state index is 15.3. The predicted molar refractivity (Wildman–Crippen MR) is 124 cm³/mol. The Bertz CT molecular complexity index is 1120. The minimum Gasteiger partial charge on any atom is -0.490 e. The van der Waals surface area contributed by atoms with Gasteiger partial charge >= 0.3 is 0 Å². The minimum atomic E-state index is -0.631. The zero-order valence-electron chi connectivity index (χ0n) is 17.8. The van der Waals surface area contributed by atoms with Crippen LogP contribution in [-0.2, 0) is 16.6 Å². The van der Waals surface area contributed by atoms with Gasteiger partial charge in [-0.2, -0.15) is 0 Å². The molecule has 2 aliphatic rings. The second kappa shape index (κ2) is 9.57. The Labute approximate surface area is 200 Å². The molecule has 5 rings (SSSR count). The van der Waals surface area contributed by atoms with Crippen molar-refractivity contribution in [3.63, 3.8) is 0 Å². The summed E-state index contributed by atoms with van der Waals surface area (Å²) >= 11 is 7.69. The highest BCUT2D eigenvalue weighted by Gasteiger charge is 2.53. The van der Waals surface area contributed by atoms with Crippen LogP contribution in [0.3, 0.4) is 0 Å². The lowest BCUT2D eigenvalue weighted by atomic mass is 9.60. The fourth-order valence-corrected chi connectivity index (χ4v) is 6.09. The Hall–Kier alpha value is -2.22. The van der Waals surface area contributed by atoms with E-state index in [1.54, 1.807) is 30.4 Å². The van der Waals surface area contributed by atoms with Crippen LogP contribution in [0.2, 0.25) is 5.02 Å². The monoisotopic (exact) mass is 488 g/mol. The van der Waals surface area contributed by atoms with E-state index in [0.29, 0.717) is 30.0 Å². The summed E-state index contributed by atoms with van der Waals surface area (Å²) < 4.78 is 42.0. The molecule has 33 heavy (non-hydrogen) atoms. The van der Waals surface area contributed by atoms with Crippen LogP contribution in [-0.4, -0.2) is 35.0 Å². The van der Waals surface area contributed by atoms with Crippen molar-refractivity contribution < 1.29 is 18.3 Å². The molecule has 0 radical (unpaired) electrons. The van der Waals surface area contributed by atoms with E-state index in [9.17, 15) is 4.39 Å². The third-order valence-electron chi connectivity index (χ3n) is 6.63. The molecular formula is C25H23ClF2N2O2S. The van der Waals surface area contributed by atoms with Crippen LogP contribution < -0.4 is 4.74 Å². The van der Waals surface area contributed by atoms with E-state index in [2.05, 4.69) is 9.97 Å². The van der Waals surface area contributed by atoms with Gasteiger partial charge in [0, 0.05) is 46.7 Å². The second-order valence-corrected chi connectivity index (χ2v) is 10.0. The van der Waals surface area contributed by atoms with Gasteiger partial charge in [-0.3, -0.25) is 4.98 Å². The van der Waals surface area contributed by atoms with E-state index < -0.39 is 17.0 Å². The zero-order chi connectivity index (χ0) is 22.8. The molecule has 0 N–H and O–H groups in total. The number of rotatable bonds is 6. The van der Waals surface area contributed by atoms with Crippen LogP contribution in [0.4, 0.5) is 8.78 Å². The first kappa shape index (κ1) is 22.6. The SMILES string of the molecule is Fc1ccc(F)c2c1OC[C@H]1[C@H](CCSc3cnccn3)OCC[C@@]21Cc1ccc(Cl)cc1. The van der Waals surface area contributed by atoms with Crippen molar-refractivity contribution in [2.45, 2.75) is 35.8 Å². The van der Waals surface area contributed by atoms with Crippen molar-refractivity contribution in [1.29, 1.82) is 0 Å². The topological polar surface area (TPSA) is 44.2 Å². The lowest BCUT2D eigenvalue weighted by Gasteiger charge is -2.51. The molecule has 0 bridgehead atoms. The van der Waals surface area contributed by atoms with Gasteiger partial charge in [-0.1, -0.05) is 23.7 Å². The summed E-state index contributed by atoms with van der Waals surface area (Å²) in [7, 11) is 0. The molecule has 0 saturated carbocycles. The number of thioether (sulfide) groups is 1. The van der Waals surface area contributed by atoms with Crippen LogP contribution in [0.25, 0.3) is 0 Å². The highest BCUT2D eigenvalue weighted by atomic mass is 35.5. The van der Waals surface area contributed by atoms with Crippen LogP contribution in [0.15, 0.2) is 60.0 Å². The molecule has 2 aliphatic heterocycles. The maximum atomic E-state index is 15.3. The number of halogens is 3. The van der Waals surface area contributed by atoms with Crippen LogP contribution in [0.5, 0.6) is 5.75 Å². The fourth-order valence-electron chi connectivity index (χ4n) is 5.14. The number of aromatic nitrogens is 2. The molecule has 0 amide bonds. The number of hydrogen-bond donors (Lipinski definition) is 0. The van der Waals surface area contributed by atoms with Crippen molar-refractivity contribution in [3.8, 4) is 5.75 Å². The van der Waals surface area contributed by atoms with Crippen LogP contribution in [0.1, 0.15) is 24.0 Å². The average Bonchev–Trinajstić information content (AvgIpc) is 2.83. The fraction of sp³-hybridized carbons (Fsp3) is 0.360. The van der Waals surface area contributed by atoms with Gasteiger partial charge in [0.1, 0.15) is 10.8 Å². The van der Waals surface area contributed by atoms with Crippen molar-refractivity contribution in [2.24, 2.45) is 5.92 Å². The molecule has 1 saturated heterocycles. The number of benzene rings is 2. The van der Waals surface area contributed by atoms with E-state index in [1.807, 2.05) is 24.3 Å². The first-order valence-corrected chi connectivity index (χ1v) is 12.3. The van der Waals surface area contributed by atoms with Crippen LogP contribution >= 0.6 is 23.4 Å². The summed E-state index contributed by atoms with van der Waals surface area (Å²) in [6.45, 7) is 0.751. The molecular weight excluding hydrogens is 466 g/mol. The molecule has 172 valence electrons. The van der Waals surface area contributed by atoms with Gasteiger partial charge in [0.2, 0.25) is 0 Å². The third-order valence-corrected chi connectivity index (χ3v) is 7.83. The number of hydrogen-bond acceptors (Lipinski definition) is 5. The van der Waals surface area contributed by atoms with Gasteiger partial charge in [0.15, 0.2) is 11.6 Å². The number of fused-ring (bicyclic) bond motifs is 3. The summed E-state index contributed by atoms with van der Waals surface area (Å²) in [6.07, 6.45) is 6.78. The Morgan fingerprint density at radius 2 is 1.91 bits per heavy atom. The van der Waals surface area contributed by atoms with Gasteiger partial charge in [0.25, 0.3) is 0 Å². The normalized spacial score (nSPS) is 24.0. The summed E-state index contributed by atoms with van der Waals surface area (Å²) in [5, 5.41) is 1.49. The standard InChI is InChI=1S/C25H23ClF2N2O2S/c26-17-3-1-16(2-4-17)13-25-8-11-31-21(7-12-33-22-14-29-9-10-30-22)18(25)15-32-24-20(28)6-5-19(27)23(24)25/h1-6,9-10,14,18,21H,7-8,11-13,15H2/t18-,21-,25-/m0/s1. The molecule has 4 nitrogen and oxygen atoms in total. The molecule has 1 fully saturated rings. The molecule has 3 aromatic rings. The average molecular weight is 489 g/mol. The quantitative estimate of drug-likeness (QED) is 0.406. The highest BCUT2D eigenvalue weighted by Crippen LogP contribution is 2.53. The maximum Gasteiger partial charge on any atom is 0.165 e. The van der Waals surface area contributed by atoms with Crippen molar-refractivity contribution >= 4 is 23.4 Å². The van der Waals surface area contributed by atoms with Crippen molar-refractivity contribution in [1.82, 2.24) is 9.97 Å². The van der Waals surface area contributed by atoms with E-state index >= 15 is 4.39 Å². The van der Waals surface area contributed by atoms with Gasteiger partial charge in [-0.15, -0.1) is 11.8 Å². The van der Waals surface area contributed by atoms with E-state index in [4.69, 9.17) is 21.1 Å². The van der Waals surface area contributed by atoms with E-state index in [-0.39, 0.29) is 24.4 Å². The predicted octanol–water partition coefficient (Wildman–Crippen LogP) is 5.87. The molecule has 3 heterocycles. The molecule has 0 unspecified atom stereocenters. The Kier molecular flexibility index (Phi) is 6.54. The summed E-state index contributed by atoms with van der Waals surface area (Å²) in [5.41, 5.74) is 0.729. The first-order chi connectivity index (χ1) is 16.1. The van der Waals surface area contributed by atoms with Crippen molar-refractivity contribution in [3.05, 3.63) is 82.8 Å². The lowest BCUT2D eigenvalue weighted by molar-refractivity contribution is -0.0961. The van der Waals surface area contributed by atoms with Crippen molar-refractivity contribution in [2.75, 3.05) is 19.0 Å². The second-order valence-electron chi connectivity index (χ2n) is 8.45. The molecule has 0 spiro atoms. The summed E-state index contributed by atoms with van der Waals surface area (Å²) in [4.78, 5) is 8.40. The smallest absolute Gasteiger partial charge is 0.165 e. The lowest BCUT2D eigenvalue weighted by Crippen LogP contribution is -2.55. The molecule has 8 heteroatoms. The first-order valence-electron chi connectivity index (χ1n) is 10.9. The van der Waals surface area contributed by atoms with Gasteiger partial charge < -0.3 is 9.47 Å². The number of ether oxygens (including phenoxy) is 2. The summed E-state index contributed by atoms with van der Waals surface area (Å²) in [6, 6.07) is 9.92. The zero-order valence-corrected chi connectivity index (χ0v) is 19.4. The van der Waals surface area contributed by atoms with Crippen LogP contribution in [0, 0.1) is 17.6 Å². The van der Waals surface area contributed by atoms with Gasteiger partial charge in [0.05, 0.1) is 18.9 Å². The largest absolute Gasteiger partial charge is 0.490 e. The molecule has 0 aliphatic carbocycles. The summed E-state index contributed by atoms with van der Waals surface area (Å²) in [5.74, 6) is -0.265. The Morgan fingerprint density at radius 1 is 1.09 bits per heavy atom. The Morgan fingerprint density at radius 3 is 2.70 bits per heavy atom. The molecule has 3 atom stereocenters. The Balaban J connectivity index is 1.48. The minimum absolute atomic E-state index is 0.0369. The van der Waals surface area contributed by atoms with E-state index in [0.717, 1.165) is 28.8 Å². The number of nitrogens with zero attached hydrogens (tertiary/aromatic N) is 2.